The second-order valence-electron chi connectivity index (χ2n) is 3.93. The van der Waals surface area contributed by atoms with Crippen molar-refractivity contribution >= 4 is 5.78 Å². The highest BCUT2D eigenvalue weighted by Gasteiger charge is 2.36. The fraction of sp³-hybridized carbons (Fsp3) is 0.889. The normalized spacial score (nSPS) is 13.4. The lowest BCUT2D eigenvalue weighted by atomic mass is 9.94. The molecule has 0 heterocycles. The lowest BCUT2D eigenvalue weighted by molar-refractivity contribution is -0.201. The lowest BCUT2D eigenvalue weighted by Gasteiger charge is -2.26. The van der Waals surface area contributed by atoms with Crippen LogP contribution < -0.4 is 0 Å². The van der Waals surface area contributed by atoms with Crippen LogP contribution in [-0.2, 0) is 9.53 Å². The Morgan fingerprint density at radius 1 is 1.29 bits per heavy atom. The Kier molecular flexibility index (Phi) is 4.12. The van der Waals surface area contributed by atoms with Crippen molar-refractivity contribution in [2.45, 2.75) is 39.5 Å². The quantitative estimate of drug-likeness (QED) is 0.715. The molecule has 0 bridgehead atoms. The zero-order valence-corrected chi connectivity index (χ0v) is 8.73. The molecule has 0 rings (SSSR count). The molecular weight excluding hydrogens is 197 g/mol. The van der Waals surface area contributed by atoms with Gasteiger partial charge in [-0.25, -0.2) is 0 Å². The van der Waals surface area contributed by atoms with E-state index in [0.29, 0.717) is 0 Å². The van der Waals surface area contributed by atoms with E-state index >= 15 is 0 Å². The first-order chi connectivity index (χ1) is 6.06. The minimum Gasteiger partial charge on any atom is -0.358 e. The van der Waals surface area contributed by atoms with Gasteiger partial charge in [0.25, 0.3) is 0 Å². The van der Waals surface area contributed by atoms with E-state index in [1.165, 1.54) is 13.8 Å². The summed E-state index contributed by atoms with van der Waals surface area (Å²) in [5, 5.41) is 0. The highest BCUT2D eigenvalue weighted by molar-refractivity contribution is 5.88. The van der Waals surface area contributed by atoms with Crippen molar-refractivity contribution in [2.75, 3.05) is 6.61 Å². The molecule has 0 atom stereocenters. The molecule has 0 fully saturated rings. The number of Topliss-reactive ketones (excluding diaryl/α,β-unsaturated/α-hetero) is 1. The van der Waals surface area contributed by atoms with Crippen LogP contribution in [0.2, 0.25) is 0 Å². The molecule has 0 N–H and O–H groups in total. The number of ketones is 1. The van der Waals surface area contributed by atoms with Gasteiger partial charge in [-0.15, -0.1) is 0 Å². The van der Waals surface area contributed by atoms with Gasteiger partial charge in [-0.3, -0.25) is 4.79 Å². The van der Waals surface area contributed by atoms with Crippen LogP contribution in [0.5, 0.6) is 0 Å². The summed E-state index contributed by atoms with van der Waals surface area (Å²) in [6.07, 6.45) is -4.39. The number of alkyl halides is 3. The zero-order valence-electron chi connectivity index (χ0n) is 8.73. The second-order valence-corrected chi connectivity index (χ2v) is 3.93. The smallest absolute Gasteiger partial charge is 0.358 e. The van der Waals surface area contributed by atoms with Gasteiger partial charge in [0.2, 0.25) is 0 Å². The van der Waals surface area contributed by atoms with Crippen LogP contribution in [0.3, 0.4) is 0 Å². The Bertz CT molecular complexity index is 207. The van der Waals surface area contributed by atoms with Gasteiger partial charge >= 0.3 is 6.18 Å². The van der Waals surface area contributed by atoms with Crippen molar-refractivity contribution in [2.24, 2.45) is 5.92 Å². The monoisotopic (exact) mass is 212 g/mol. The Morgan fingerprint density at radius 2 is 1.71 bits per heavy atom. The van der Waals surface area contributed by atoms with Crippen molar-refractivity contribution in [1.82, 2.24) is 0 Å². The van der Waals surface area contributed by atoms with Crippen LogP contribution in [0, 0.1) is 5.92 Å². The van der Waals surface area contributed by atoms with E-state index < -0.39 is 18.4 Å². The van der Waals surface area contributed by atoms with Crippen molar-refractivity contribution in [1.29, 1.82) is 0 Å². The first-order valence-corrected chi connectivity index (χ1v) is 4.31. The number of hydrogen-bond donors (Lipinski definition) is 0. The third-order valence-corrected chi connectivity index (χ3v) is 1.71. The van der Waals surface area contributed by atoms with Crippen molar-refractivity contribution in [3.63, 3.8) is 0 Å². The molecule has 84 valence electrons. The standard InChI is InChI=1S/C9H15F3O2/c1-6(2)7(13)8(3,4)14-5-9(10,11)12/h6H,5H2,1-4H3. The summed E-state index contributed by atoms with van der Waals surface area (Å²) in [5.41, 5.74) is -1.37. The first-order valence-electron chi connectivity index (χ1n) is 4.31. The molecule has 0 unspecified atom stereocenters. The molecule has 5 heteroatoms. The SMILES string of the molecule is CC(C)C(=O)C(C)(C)OCC(F)(F)F. The fourth-order valence-electron chi connectivity index (χ4n) is 1.03. The Balaban J connectivity index is 4.28. The second kappa shape index (κ2) is 4.29. The maximum atomic E-state index is 11.8. The highest BCUT2D eigenvalue weighted by atomic mass is 19.4. The molecule has 0 aromatic rings. The summed E-state index contributed by atoms with van der Waals surface area (Å²) < 4.78 is 40.0. The lowest BCUT2D eigenvalue weighted by Crippen LogP contribution is -2.40. The van der Waals surface area contributed by atoms with Crippen LogP contribution in [0.25, 0.3) is 0 Å². The number of hydrogen-bond acceptors (Lipinski definition) is 2. The Hall–Kier alpha value is -0.580. The van der Waals surface area contributed by atoms with Gasteiger partial charge in [0, 0.05) is 5.92 Å². The fourth-order valence-corrected chi connectivity index (χ4v) is 1.03. The summed E-state index contributed by atoms with van der Waals surface area (Å²) in [7, 11) is 0. The van der Waals surface area contributed by atoms with E-state index in [0.717, 1.165) is 0 Å². The van der Waals surface area contributed by atoms with Crippen molar-refractivity contribution in [3.8, 4) is 0 Å². The average molecular weight is 212 g/mol. The summed E-state index contributed by atoms with van der Waals surface area (Å²) in [6, 6.07) is 0. The number of ether oxygens (including phenoxy) is 1. The van der Waals surface area contributed by atoms with Gasteiger partial charge in [0.1, 0.15) is 12.2 Å². The summed E-state index contributed by atoms with van der Waals surface area (Å²) in [4.78, 5) is 11.4. The number of halogens is 3. The molecule has 2 nitrogen and oxygen atoms in total. The van der Waals surface area contributed by atoms with E-state index in [1.807, 2.05) is 0 Å². The topological polar surface area (TPSA) is 26.3 Å². The molecule has 14 heavy (non-hydrogen) atoms. The third-order valence-electron chi connectivity index (χ3n) is 1.71. The predicted molar refractivity (Wildman–Crippen MR) is 45.9 cm³/mol. The highest BCUT2D eigenvalue weighted by Crippen LogP contribution is 2.22. The Labute approximate surface area is 81.4 Å². The first kappa shape index (κ1) is 13.4. The Morgan fingerprint density at radius 3 is 2.00 bits per heavy atom. The van der Waals surface area contributed by atoms with Crippen LogP contribution in [-0.4, -0.2) is 24.2 Å². The van der Waals surface area contributed by atoms with Crippen LogP contribution in [0.15, 0.2) is 0 Å². The van der Waals surface area contributed by atoms with Crippen LogP contribution in [0.4, 0.5) is 13.2 Å². The molecule has 0 spiro atoms. The molecule has 0 aliphatic rings. The third kappa shape index (κ3) is 4.60. The minimum absolute atomic E-state index is 0.332. The van der Waals surface area contributed by atoms with E-state index in [2.05, 4.69) is 4.74 Å². The number of carbonyl (C=O) groups is 1. The molecule has 0 aliphatic carbocycles. The summed E-state index contributed by atoms with van der Waals surface area (Å²) in [6.45, 7) is 4.56. The molecule has 0 aromatic carbocycles. The van der Waals surface area contributed by atoms with E-state index in [4.69, 9.17) is 0 Å². The maximum absolute atomic E-state index is 11.8. The molecule has 0 aromatic heterocycles. The minimum atomic E-state index is -4.39. The van der Waals surface area contributed by atoms with E-state index in [1.54, 1.807) is 13.8 Å². The number of carbonyl (C=O) groups excluding carboxylic acids is 1. The molecular formula is C9H15F3O2. The van der Waals surface area contributed by atoms with E-state index in [-0.39, 0.29) is 11.7 Å². The molecule has 0 radical (unpaired) electrons. The zero-order chi connectivity index (χ0) is 11.6. The molecule has 0 aliphatic heterocycles. The van der Waals surface area contributed by atoms with Gasteiger partial charge in [0.05, 0.1) is 0 Å². The summed E-state index contributed by atoms with van der Waals surface area (Å²) in [5.74, 6) is -0.667. The van der Waals surface area contributed by atoms with Gasteiger partial charge in [-0.2, -0.15) is 13.2 Å². The van der Waals surface area contributed by atoms with Crippen LogP contribution in [0.1, 0.15) is 27.7 Å². The average Bonchev–Trinajstić information content (AvgIpc) is 1.98. The summed E-state index contributed by atoms with van der Waals surface area (Å²) >= 11 is 0. The molecule has 0 saturated carbocycles. The van der Waals surface area contributed by atoms with E-state index in [9.17, 15) is 18.0 Å². The van der Waals surface area contributed by atoms with Crippen molar-refractivity contribution < 1.29 is 22.7 Å². The van der Waals surface area contributed by atoms with Gasteiger partial charge in [0.15, 0.2) is 5.78 Å². The van der Waals surface area contributed by atoms with Crippen LogP contribution >= 0.6 is 0 Å². The van der Waals surface area contributed by atoms with Gasteiger partial charge < -0.3 is 4.74 Å². The maximum Gasteiger partial charge on any atom is 0.411 e. The van der Waals surface area contributed by atoms with Gasteiger partial charge in [-0.05, 0) is 13.8 Å². The van der Waals surface area contributed by atoms with Gasteiger partial charge in [-0.1, -0.05) is 13.8 Å². The molecule has 0 saturated heterocycles. The molecule has 0 amide bonds. The van der Waals surface area contributed by atoms with Crippen molar-refractivity contribution in [3.05, 3.63) is 0 Å². The largest absolute Gasteiger partial charge is 0.411 e. The predicted octanol–water partition coefficient (Wildman–Crippen LogP) is 2.57. The number of rotatable bonds is 4.